The predicted octanol–water partition coefficient (Wildman–Crippen LogP) is 7.07. The van der Waals surface area contributed by atoms with Crippen molar-refractivity contribution in [2.75, 3.05) is 16.8 Å². The van der Waals surface area contributed by atoms with Gasteiger partial charge in [0.1, 0.15) is 11.4 Å². The number of nitrogen functional groups attached to an aromatic ring is 1. The number of methoxy groups -OCH3 is 1. The van der Waals surface area contributed by atoms with Crippen LogP contribution in [0.2, 0.25) is 0 Å². The fourth-order valence-electron chi connectivity index (χ4n) is 4.16. The van der Waals surface area contributed by atoms with Crippen molar-refractivity contribution in [1.82, 2.24) is 14.5 Å². The van der Waals surface area contributed by atoms with Crippen LogP contribution in [0.5, 0.6) is 5.75 Å². The number of ether oxygens (including phenoxy) is 2. The minimum absolute atomic E-state index is 0.158. The van der Waals surface area contributed by atoms with E-state index >= 15 is 0 Å². The highest BCUT2D eigenvalue weighted by molar-refractivity contribution is 9.10. The van der Waals surface area contributed by atoms with Crippen LogP contribution in [0.3, 0.4) is 0 Å². The van der Waals surface area contributed by atoms with E-state index in [1.165, 1.54) is 0 Å². The number of nitrogens with zero attached hydrogens (tertiary/aromatic N) is 4. The van der Waals surface area contributed by atoms with Gasteiger partial charge >= 0.3 is 6.09 Å². The molecular formula is C28H26BrN5O3. The van der Waals surface area contributed by atoms with E-state index in [0.717, 1.165) is 22.0 Å². The highest BCUT2D eigenvalue weighted by Crippen LogP contribution is 2.37. The molecule has 0 aliphatic carbocycles. The van der Waals surface area contributed by atoms with E-state index in [9.17, 15) is 4.79 Å². The van der Waals surface area contributed by atoms with Gasteiger partial charge in [-0.2, -0.15) is 4.98 Å². The Labute approximate surface area is 223 Å². The molecule has 8 nitrogen and oxygen atoms in total. The monoisotopic (exact) mass is 559 g/mol. The fourth-order valence-corrected chi connectivity index (χ4v) is 4.66. The highest BCUT2D eigenvalue weighted by atomic mass is 79.9. The van der Waals surface area contributed by atoms with E-state index in [2.05, 4.69) is 26.1 Å². The second-order valence-electron chi connectivity index (χ2n) is 9.52. The average molecular weight is 560 g/mol. The van der Waals surface area contributed by atoms with E-state index in [0.29, 0.717) is 28.3 Å². The number of anilines is 3. The number of hydrogen-bond acceptors (Lipinski definition) is 7. The molecule has 2 heterocycles. The van der Waals surface area contributed by atoms with Crippen molar-refractivity contribution in [3.05, 3.63) is 72.8 Å². The molecule has 0 bridgehead atoms. The van der Waals surface area contributed by atoms with E-state index in [4.69, 9.17) is 15.2 Å². The van der Waals surface area contributed by atoms with Crippen LogP contribution in [0, 0.1) is 0 Å². The molecule has 3 aromatic carbocycles. The van der Waals surface area contributed by atoms with Gasteiger partial charge in [0.2, 0.25) is 5.95 Å². The fraction of sp³-hybridized carbons (Fsp3) is 0.179. The normalized spacial score (nSPS) is 11.6. The van der Waals surface area contributed by atoms with Crippen molar-refractivity contribution in [3.8, 4) is 17.0 Å². The molecule has 0 spiro atoms. The van der Waals surface area contributed by atoms with Crippen molar-refractivity contribution >= 4 is 61.5 Å². The van der Waals surface area contributed by atoms with Crippen LogP contribution >= 0.6 is 16.1 Å². The third-order valence-corrected chi connectivity index (χ3v) is 6.49. The van der Waals surface area contributed by atoms with E-state index in [1.807, 2.05) is 93.6 Å². The number of hydrogen-bond donors (Lipinski definition) is 1. The standard InChI is InChI=1S/C28H26BrN5O3/c1-28(2,3)37-27(35)33-23-13-11-20(36-4)14-18(23)16-24(33)17-10-12-22-21(15-17)25(32-26(30)31-22)34(29)19-8-6-5-7-9-19/h5-16H,1-4H3,(H2,30,31,32). The maximum absolute atomic E-state index is 13.4. The number of fused-ring (bicyclic) bond motifs is 2. The van der Waals surface area contributed by atoms with Gasteiger partial charge in [-0.25, -0.2) is 14.3 Å². The van der Waals surface area contributed by atoms with Gasteiger partial charge in [-0.15, -0.1) is 0 Å². The lowest BCUT2D eigenvalue weighted by Gasteiger charge is -2.21. The lowest BCUT2D eigenvalue weighted by atomic mass is 10.1. The third kappa shape index (κ3) is 4.82. The maximum atomic E-state index is 13.4. The number of halogens is 1. The summed E-state index contributed by atoms with van der Waals surface area (Å²) in [6, 6.07) is 23.0. The number of aromatic nitrogens is 3. The molecule has 0 amide bonds. The topological polar surface area (TPSA) is 95.5 Å². The van der Waals surface area contributed by atoms with Gasteiger partial charge in [0, 0.05) is 10.8 Å². The Morgan fingerprint density at radius 1 is 1.00 bits per heavy atom. The summed E-state index contributed by atoms with van der Waals surface area (Å²) in [5.74, 6) is 1.44. The predicted molar refractivity (Wildman–Crippen MR) is 151 cm³/mol. The summed E-state index contributed by atoms with van der Waals surface area (Å²) in [6.07, 6.45) is -0.469. The quantitative estimate of drug-likeness (QED) is 0.235. The van der Waals surface area contributed by atoms with Crippen molar-refractivity contribution in [1.29, 1.82) is 0 Å². The molecule has 0 saturated carbocycles. The van der Waals surface area contributed by atoms with E-state index in [1.54, 1.807) is 15.6 Å². The number of benzene rings is 3. The first-order chi connectivity index (χ1) is 17.6. The number of rotatable bonds is 4. The summed E-state index contributed by atoms with van der Waals surface area (Å²) in [5.41, 5.74) is 9.11. The van der Waals surface area contributed by atoms with Crippen molar-refractivity contribution < 1.29 is 14.3 Å². The highest BCUT2D eigenvalue weighted by Gasteiger charge is 2.24. The minimum Gasteiger partial charge on any atom is -0.497 e. The molecule has 0 fully saturated rings. The van der Waals surface area contributed by atoms with Crippen LogP contribution in [0.4, 0.5) is 22.2 Å². The van der Waals surface area contributed by atoms with Gasteiger partial charge in [-0.1, -0.05) is 24.3 Å². The Bertz CT molecular complexity index is 1630. The Kier molecular flexibility index (Phi) is 6.25. The van der Waals surface area contributed by atoms with Crippen molar-refractivity contribution in [3.63, 3.8) is 0 Å². The van der Waals surface area contributed by atoms with Gasteiger partial charge in [-0.05, 0) is 74.9 Å². The third-order valence-electron chi connectivity index (χ3n) is 5.74. The van der Waals surface area contributed by atoms with Crippen molar-refractivity contribution in [2.24, 2.45) is 0 Å². The Hall–Kier alpha value is -4.11. The summed E-state index contributed by atoms with van der Waals surface area (Å²) in [6.45, 7) is 5.53. The first-order valence-electron chi connectivity index (χ1n) is 11.7. The zero-order valence-corrected chi connectivity index (χ0v) is 22.5. The number of carbonyl (C=O) groups excluding carboxylic acids is 1. The molecular weight excluding hydrogens is 534 g/mol. The molecule has 188 valence electrons. The first-order valence-corrected chi connectivity index (χ1v) is 12.4. The van der Waals surface area contributed by atoms with Gasteiger partial charge < -0.3 is 15.2 Å². The van der Waals surface area contributed by atoms with Crippen LogP contribution in [-0.2, 0) is 4.74 Å². The maximum Gasteiger partial charge on any atom is 0.419 e. The SMILES string of the molecule is COc1ccc2c(c1)cc(-c1ccc3nc(N)nc(N(Br)c4ccccc4)c3c1)n2C(=O)OC(C)(C)C. The van der Waals surface area contributed by atoms with E-state index < -0.39 is 11.7 Å². The molecule has 9 heteroatoms. The second kappa shape index (κ2) is 9.40. The van der Waals surface area contributed by atoms with Crippen LogP contribution in [-0.4, -0.2) is 33.3 Å². The Morgan fingerprint density at radius 3 is 2.46 bits per heavy atom. The molecule has 0 aliphatic heterocycles. The molecule has 0 saturated heterocycles. The van der Waals surface area contributed by atoms with Gasteiger partial charge in [-0.3, -0.25) is 3.93 Å². The summed E-state index contributed by atoms with van der Waals surface area (Å²) < 4.78 is 14.5. The number of nitrogens with two attached hydrogens (primary N) is 1. The molecule has 2 aromatic heterocycles. The average Bonchev–Trinajstić information content (AvgIpc) is 3.26. The van der Waals surface area contributed by atoms with Crippen LogP contribution in [0.15, 0.2) is 72.8 Å². The lowest BCUT2D eigenvalue weighted by molar-refractivity contribution is 0.0547. The second-order valence-corrected chi connectivity index (χ2v) is 10.2. The molecule has 0 aliphatic rings. The Balaban J connectivity index is 1.72. The summed E-state index contributed by atoms with van der Waals surface area (Å²) in [7, 11) is 1.61. The molecule has 5 aromatic rings. The van der Waals surface area contributed by atoms with Crippen LogP contribution < -0.4 is 14.4 Å². The van der Waals surface area contributed by atoms with E-state index in [-0.39, 0.29) is 5.95 Å². The molecule has 0 unspecified atom stereocenters. The summed E-state index contributed by atoms with van der Waals surface area (Å²) in [5, 5.41) is 1.60. The van der Waals surface area contributed by atoms with Gasteiger partial charge in [0.15, 0.2) is 5.82 Å². The molecule has 0 radical (unpaired) electrons. The zero-order valence-electron chi connectivity index (χ0n) is 20.9. The molecule has 37 heavy (non-hydrogen) atoms. The molecule has 0 atom stereocenters. The lowest BCUT2D eigenvalue weighted by Crippen LogP contribution is -2.27. The van der Waals surface area contributed by atoms with Gasteiger partial charge in [0.05, 0.1) is 45.7 Å². The molecule has 5 rings (SSSR count). The number of carbonyl (C=O) groups is 1. The van der Waals surface area contributed by atoms with Crippen LogP contribution in [0.1, 0.15) is 20.8 Å². The smallest absolute Gasteiger partial charge is 0.419 e. The summed E-state index contributed by atoms with van der Waals surface area (Å²) >= 11 is 3.64. The molecule has 2 N–H and O–H groups in total. The zero-order chi connectivity index (χ0) is 26.3. The Morgan fingerprint density at radius 2 is 1.76 bits per heavy atom. The van der Waals surface area contributed by atoms with Crippen molar-refractivity contribution in [2.45, 2.75) is 26.4 Å². The summed E-state index contributed by atoms with van der Waals surface area (Å²) in [4.78, 5) is 22.3. The minimum atomic E-state index is -0.661. The number of para-hydroxylation sites is 1. The van der Waals surface area contributed by atoms with Gasteiger partial charge in [0.25, 0.3) is 0 Å². The first kappa shape index (κ1) is 24.6. The largest absolute Gasteiger partial charge is 0.497 e. The van der Waals surface area contributed by atoms with Crippen LogP contribution in [0.25, 0.3) is 33.1 Å².